The first-order valence-corrected chi connectivity index (χ1v) is 7.59. The second-order valence-corrected chi connectivity index (χ2v) is 6.18. The van der Waals surface area contributed by atoms with E-state index in [1.54, 1.807) is 6.07 Å². The van der Waals surface area contributed by atoms with Gasteiger partial charge in [0.2, 0.25) is 0 Å². The van der Waals surface area contributed by atoms with Gasteiger partial charge in [-0.1, -0.05) is 31.7 Å². The van der Waals surface area contributed by atoms with Crippen molar-refractivity contribution in [3.8, 4) is 0 Å². The minimum atomic E-state index is -0.185. The molecule has 0 aliphatic heterocycles. The molecule has 1 N–H and O–H groups in total. The fourth-order valence-electron chi connectivity index (χ4n) is 2.90. The summed E-state index contributed by atoms with van der Waals surface area (Å²) >= 11 is 3.25. The summed E-state index contributed by atoms with van der Waals surface area (Å²) in [6, 6.07) is 5.83. The largest absolute Gasteiger partial charge is 0.317 e. The second kappa shape index (κ2) is 6.67. The van der Waals surface area contributed by atoms with E-state index in [1.807, 2.05) is 19.2 Å². The van der Waals surface area contributed by atoms with Crippen LogP contribution in [0, 0.1) is 11.7 Å². The second-order valence-electron chi connectivity index (χ2n) is 5.32. The van der Waals surface area contributed by atoms with E-state index in [0.717, 1.165) is 12.3 Å². The van der Waals surface area contributed by atoms with Gasteiger partial charge in [-0.2, -0.15) is 0 Å². The van der Waals surface area contributed by atoms with Crippen LogP contribution in [0.3, 0.4) is 0 Å². The van der Waals surface area contributed by atoms with Gasteiger partial charge in [0.05, 0.1) is 4.47 Å². The average Bonchev–Trinajstić information content (AvgIpc) is 2.86. The van der Waals surface area contributed by atoms with Crippen LogP contribution in [0.25, 0.3) is 0 Å². The standard InChI is InChI=1S/C15H21BrFN/c1-18-13(8-11-4-2-3-5-11)9-12-6-7-15(17)14(16)10-12/h6-7,10-11,13,18H,2-5,8-9H2,1H3. The maximum Gasteiger partial charge on any atom is 0.137 e. The highest BCUT2D eigenvalue weighted by Gasteiger charge is 2.19. The van der Waals surface area contributed by atoms with Crippen LogP contribution in [-0.2, 0) is 6.42 Å². The molecule has 1 saturated carbocycles. The van der Waals surface area contributed by atoms with Gasteiger partial charge in [-0.15, -0.1) is 0 Å². The number of likely N-dealkylation sites (N-methyl/N-ethyl adjacent to an activating group) is 1. The van der Waals surface area contributed by atoms with E-state index >= 15 is 0 Å². The van der Waals surface area contributed by atoms with Crippen LogP contribution in [-0.4, -0.2) is 13.1 Å². The molecule has 0 radical (unpaired) electrons. The Morgan fingerprint density at radius 1 is 1.39 bits per heavy atom. The Morgan fingerprint density at radius 2 is 2.11 bits per heavy atom. The van der Waals surface area contributed by atoms with E-state index in [2.05, 4.69) is 21.2 Å². The lowest BCUT2D eigenvalue weighted by Crippen LogP contribution is -2.29. The molecule has 0 bridgehead atoms. The first-order valence-electron chi connectivity index (χ1n) is 6.80. The Balaban J connectivity index is 1.94. The van der Waals surface area contributed by atoms with Gasteiger partial charge in [0.15, 0.2) is 0 Å². The molecule has 0 heterocycles. The third-order valence-electron chi connectivity index (χ3n) is 3.97. The monoisotopic (exact) mass is 313 g/mol. The molecule has 1 unspecified atom stereocenters. The highest BCUT2D eigenvalue weighted by atomic mass is 79.9. The van der Waals surface area contributed by atoms with Crippen molar-refractivity contribution in [1.29, 1.82) is 0 Å². The molecule has 0 saturated heterocycles. The van der Waals surface area contributed by atoms with Crippen molar-refractivity contribution in [2.45, 2.75) is 44.6 Å². The van der Waals surface area contributed by atoms with Crippen molar-refractivity contribution in [1.82, 2.24) is 5.32 Å². The van der Waals surface area contributed by atoms with Crippen LogP contribution in [0.15, 0.2) is 22.7 Å². The summed E-state index contributed by atoms with van der Waals surface area (Å²) in [5.41, 5.74) is 1.20. The number of hydrogen-bond donors (Lipinski definition) is 1. The summed E-state index contributed by atoms with van der Waals surface area (Å²) in [6.07, 6.45) is 7.76. The zero-order valence-electron chi connectivity index (χ0n) is 10.9. The molecule has 1 nitrogen and oxygen atoms in total. The summed E-state index contributed by atoms with van der Waals surface area (Å²) in [5.74, 6) is 0.696. The highest BCUT2D eigenvalue weighted by molar-refractivity contribution is 9.10. The average molecular weight is 314 g/mol. The van der Waals surface area contributed by atoms with Gasteiger partial charge in [0.25, 0.3) is 0 Å². The van der Waals surface area contributed by atoms with E-state index in [1.165, 1.54) is 37.7 Å². The quantitative estimate of drug-likeness (QED) is 0.854. The molecule has 2 rings (SSSR count). The lowest BCUT2D eigenvalue weighted by Gasteiger charge is -2.20. The van der Waals surface area contributed by atoms with Crippen LogP contribution in [0.2, 0.25) is 0 Å². The molecule has 1 aliphatic rings. The van der Waals surface area contributed by atoms with Gasteiger partial charge in [-0.3, -0.25) is 0 Å². The van der Waals surface area contributed by atoms with Crippen LogP contribution in [0.5, 0.6) is 0 Å². The molecule has 1 aliphatic carbocycles. The van der Waals surface area contributed by atoms with Crippen LogP contribution in [0.1, 0.15) is 37.7 Å². The SMILES string of the molecule is CNC(Cc1ccc(F)c(Br)c1)CC1CCCC1. The van der Waals surface area contributed by atoms with E-state index in [-0.39, 0.29) is 5.82 Å². The lowest BCUT2D eigenvalue weighted by atomic mass is 9.94. The Hall–Kier alpha value is -0.410. The van der Waals surface area contributed by atoms with Crippen LogP contribution < -0.4 is 5.32 Å². The number of rotatable bonds is 5. The van der Waals surface area contributed by atoms with Crippen molar-refractivity contribution in [2.75, 3.05) is 7.05 Å². The fourth-order valence-corrected chi connectivity index (χ4v) is 3.33. The zero-order chi connectivity index (χ0) is 13.0. The number of halogens is 2. The van der Waals surface area contributed by atoms with Crippen molar-refractivity contribution < 1.29 is 4.39 Å². The van der Waals surface area contributed by atoms with Crippen molar-refractivity contribution >= 4 is 15.9 Å². The van der Waals surface area contributed by atoms with Gasteiger partial charge in [-0.25, -0.2) is 4.39 Å². The minimum Gasteiger partial charge on any atom is -0.317 e. The van der Waals surface area contributed by atoms with Gasteiger partial charge < -0.3 is 5.32 Å². The van der Waals surface area contributed by atoms with Crippen molar-refractivity contribution in [3.63, 3.8) is 0 Å². The van der Waals surface area contributed by atoms with Crippen molar-refractivity contribution in [3.05, 3.63) is 34.1 Å². The molecule has 18 heavy (non-hydrogen) atoms. The predicted molar refractivity (Wildman–Crippen MR) is 77.2 cm³/mol. The third-order valence-corrected chi connectivity index (χ3v) is 4.57. The van der Waals surface area contributed by atoms with Gasteiger partial charge in [0.1, 0.15) is 5.82 Å². The molecule has 1 atom stereocenters. The Kier molecular flexibility index (Phi) is 5.19. The first-order chi connectivity index (χ1) is 8.69. The molecule has 0 spiro atoms. The summed E-state index contributed by atoms with van der Waals surface area (Å²) in [6.45, 7) is 0. The van der Waals surface area contributed by atoms with E-state index in [0.29, 0.717) is 10.5 Å². The molecule has 0 amide bonds. The maximum absolute atomic E-state index is 13.2. The first kappa shape index (κ1) is 14.0. The highest BCUT2D eigenvalue weighted by Crippen LogP contribution is 2.29. The van der Waals surface area contributed by atoms with Gasteiger partial charge in [-0.05, 0) is 59.4 Å². The Morgan fingerprint density at radius 3 is 2.72 bits per heavy atom. The topological polar surface area (TPSA) is 12.0 Å². The van der Waals surface area contributed by atoms with E-state index < -0.39 is 0 Å². The third kappa shape index (κ3) is 3.79. The summed E-state index contributed by atoms with van der Waals surface area (Å²) < 4.78 is 13.7. The predicted octanol–water partition coefficient (Wildman–Crippen LogP) is 4.30. The minimum absolute atomic E-state index is 0.185. The van der Waals surface area contributed by atoms with Gasteiger partial charge >= 0.3 is 0 Å². The molecule has 1 aromatic rings. The van der Waals surface area contributed by atoms with Crippen molar-refractivity contribution in [2.24, 2.45) is 5.92 Å². The molecule has 0 aromatic heterocycles. The lowest BCUT2D eigenvalue weighted by molar-refractivity contribution is 0.402. The summed E-state index contributed by atoms with van der Waals surface area (Å²) in [5, 5.41) is 3.40. The Labute approximate surface area is 117 Å². The number of hydrogen-bond acceptors (Lipinski definition) is 1. The Bertz CT molecular complexity index is 388. The normalized spacial score (nSPS) is 18.2. The fraction of sp³-hybridized carbons (Fsp3) is 0.600. The molecule has 1 aromatic carbocycles. The number of nitrogens with one attached hydrogen (secondary N) is 1. The maximum atomic E-state index is 13.2. The van der Waals surface area contributed by atoms with Crippen LogP contribution in [0.4, 0.5) is 4.39 Å². The van der Waals surface area contributed by atoms with Gasteiger partial charge in [0, 0.05) is 6.04 Å². The van der Waals surface area contributed by atoms with E-state index in [4.69, 9.17) is 0 Å². The van der Waals surface area contributed by atoms with Crippen LogP contribution >= 0.6 is 15.9 Å². The van der Waals surface area contributed by atoms with E-state index in [9.17, 15) is 4.39 Å². The zero-order valence-corrected chi connectivity index (χ0v) is 12.5. The molecule has 1 fully saturated rings. The number of benzene rings is 1. The molecular formula is C15H21BrFN. The smallest absolute Gasteiger partial charge is 0.137 e. The molecule has 100 valence electrons. The molecular weight excluding hydrogens is 293 g/mol. The molecule has 3 heteroatoms. The summed E-state index contributed by atoms with van der Waals surface area (Å²) in [7, 11) is 2.03. The summed E-state index contributed by atoms with van der Waals surface area (Å²) in [4.78, 5) is 0.